The molecule has 13 aromatic rings. The van der Waals surface area contributed by atoms with E-state index in [-0.39, 0.29) is 11.8 Å². The third-order valence-electron chi connectivity index (χ3n) is 16.4. The van der Waals surface area contributed by atoms with Crippen LogP contribution in [-0.2, 0) is 0 Å². The number of rotatable bonds is 9. The molecule has 76 heavy (non-hydrogen) atoms. The van der Waals surface area contributed by atoms with Crippen molar-refractivity contribution in [2.24, 2.45) is 0 Å². The van der Waals surface area contributed by atoms with Gasteiger partial charge < -0.3 is 4.57 Å². The van der Waals surface area contributed by atoms with Crippen molar-refractivity contribution in [3.05, 3.63) is 318 Å². The van der Waals surface area contributed by atoms with E-state index in [0.29, 0.717) is 5.82 Å². The van der Waals surface area contributed by atoms with E-state index in [1.807, 2.05) is 0 Å². The molecule has 0 fully saturated rings. The van der Waals surface area contributed by atoms with E-state index in [9.17, 15) is 0 Å². The third kappa shape index (κ3) is 6.74. The maximum absolute atomic E-state index is 5.51. The molecule has 0 radical (unpaired) electrons. The molecule has 356 valence electrons. The Morgan fingerprint density at radius 1 is 0.316 bits per heavy atom. The largest absolute Gasteiger partial charge is 0.309 e. The first-order valence-electron chi connectivity index (χ1n) is 26.4. The number of hydrogen-bond donors (Lipinski definition) is 0. The van der Waals surface area contributed by atoms with Gasteiger partial charge in [0.25, 0.3) is 0 Å². The average molecular weight is 984 g/mol. The van der Waals surface area contributed by atoms with Gasteiger partial charge in [-0.3, -0.25) is 0 Å². The maximum Gasteiger partial charge on any atom is 0.179 e. The molecular formula is C72H49N3Si. The lowest BCUT2D eigenvalue weighted by Crippen LogP contribution is -2.75. The van der Waals surface area contributed by atoms with E-state index in [4.69, 9.17) is 9.97 Å². The number of para-hydroxylation sites is 2. The summed E-state index contributed by atoms with van der Waals surface area (Å²) >= 11 is 0. The van der Waals surface area contributed by atoms with Gasteiger partial charge in [-0.05, 0) is 95.6 Å². The first-order chi connectivity index (χ1) is 37.7. The molecule has 16 rings (SSSR count). The Hall–Kier alpha value is -9.48. The number of aromatic nitrogens is 3. The second-order valence-corrected chi connectivity index (χ2v) is 24.0. The van der Waals surface area contributed by atoms with Crippen LogP contribution >= 0.6 is 0 Å². The summed E-state index contributed by atoms with van der Waals surface area (Å²) in [6, 6.07) is 106. The summed E-state index contributed by atoms with van der Waals surface area (Å²) < 4.78 is 2.38. The molecule has 0 N–H and O–H groups in total. The summed E-state index contributed by atoms with van der Waals surface area (Å²) in [5, 5.41) is 8.06. The summed E-state index contributed by atoms with van der Waals surface area (Å²) in [5.41, 5.74) is 19.0. The predicted octanol–water partition coefficient (Wildman–Crippen LogP) is 14.6. The van der Waals surface area contributed by atoms with Crippen molar-refractivity contribution in [2.75, 3.05) is 0 Å². The van der Waals surface area contributed by atoms with Gasteiger partial charge in [0.05, 0.1) is 22.4 Å². The van der Waals surface area contributed by atoms with Crippen molar-refractivity contribution in [1.29, 1.82) is 0 Å². The topological polar surface area (TPSA) is 30.7 Å². The molecule has 0 saturated heterocycles. The second-order valence-electron chi connectivity index (χ2n) is 20.3. The SMILES string of the molecule is c1ccc(-c2nc(-c3cccc(-n4c5ccccc5c5ccccc54)c3)cc(-c3ccccc3-c3cccc4c3C3c5ccccc5C4c4cccc([Si](c5ccccc5)(c5ccccc5)c5ccccc5)c43)n2)cc1. The molecule has 2 bridgehead atoms. The Bertz CT molecular complexity index is 4210. The number of nitrogens with zero attached hydrogens (tertiary/aromatic N) is 3. The van der Waals surface area contributed by atoms with E-state index >= 15 is 0 Å². The van der Waals surface area contributed by atoms with Crippen LogP contribution in [0.1, 0.15) is 45.2 Å². The summed E-state index contributed by atoms with van der Waals surface area (Å²) in [7, 11) is -2.96. The number of hydrogen-bond acceptors (Lipinski definition) is 2. The molecule has 11 aromatic carbocycles. The van der Waals surface area contributed by atoms with Crippen LogP contribution in [0.5, 0.6) is 0 Å². The fourth-order valence-corrected chi connectivity index (χ4v) is 18.3. The Balaban J connectivity index is 0.949. The molecule has 4 heteroatoms. The van der Waals surface area contributed by atoms with Crippen LogP contribution < -0.4 is 20.7 Å². The quantitative estimate of drug-likeness (QED) is 0.107. The van der Waals surface area contributed by atoms with Gasteiger partial charge in [-0.15, -0.1) is 0 Å². The predicted molar refractivity (Wildman–Crippen MR) is 317 cm³/mol. The van der Waals surface area contributed by atoms with Crippen molar-refractivity contribution in [3.63, 3.8) is 0 Å². The minimum absolute atomic E-state index is 0.0286. The fourth-order valence-electron chi connectivity index (χ4n) is 13.3. The van der Waals surface area contributed by atoms with Gasteiger partial charge in [-0.25, -0.2) is 9.97 Å². The normalized spacial score (nSPS) is 14.3. The minimum Gasteiger partial charge on any atom is -0.309 e. The smallest absolute Gasteiger partial charge is 0.179 e. The molecule has 0 amide bonds. The molecule has 3 aliphatic rings. The molecule has 2 atom stereocenters. The van der Waals surface area contributed by atoms with Crippen molar-refractivity contribution in [2.45, 2.75) is 11.8 Å². The highest BCUT2D eigenvalue weighted by Crippen LogP contribution is 2.58. The molecule has 0 spiro atoms. The zero-order chi connectivity index (χ0) is 50.2. The first-order valence-corrected chi connectivity index (χ1v) is 28.4. The Kier molecular flexibility index (Phi) is 10.4. The van der Waals surface area contributed by atoms with Crippen LogP contribution in [0.25, 0.3) is 72.5 Å². The molecule has 0 aliphatic heterocycles. The van der Waals surface area contributed by atoms with Crippen molar-refractivity contribution in [1.82, 2.24) is 14.5 Å². The second kappa shape index (κ2) is 17.9. The zero-order valence-corrected chi connectivity index (χ0v) is 42.6. The van der Waals surface area contributed by atoms with Crippen molar-refractivity contribution in [3.8, 4) is 50.7 Å². The monoisotopic (exact) mass is 983 g/mol. The molecule has 2 aromatic heterocycles. The Morgan fingerprint density at radius 2 is 0.776 bits per heavy atom. The number of benzene rings is 11. The molecule has 3 nitrogen and oxygen atoms in total. The van der Waals surface area contributed by atoms with Crippen LogP contribution in [0, 0.1) is 0 Å². The van der Waals surface area contributed by atoms with Crippen LogP contribution in [-0.4, -0.2) is 22.6 Å². The highest BCUT2D eigenvalue weighted by molar-refractivity contribution is 7.20. The van der Waals surface area contributed by atoms with Gasteiger partial charge in [-0.2, -0.15) is 0 Å². The lowest BCUT2D eigenvalue weighted by molar-refractivity contribution is 0.760. The molecular weight excluding hydrogens is 935 g/mol. The third-order valence-corrected chi connectivity index (χ3v) is 21.2. The molecule has 3 aliphatic carbocycles. The Labute approximate surface area is 443 Å². The molecule has 0 saturated carbocycles. The zero-order valence-electron chi connectivity index (χ0n) is 41.6. The van der Waals surface area contributed by atoms with E-state index in [1.165, 1.54) is 81.5 Å². The van der Waals surface area contributed by atoms with Gasteiger partial charge in [0, 0.05) is 45.0 Å². The summed E-state index contributed by atoms with van der Waals surface area (Å²) in [6.45, 7) is 0. The average Bonchev–Trinajstić information content (AvgIpc) is 3.85. The highest BCUT2D eigenvalue weighted by Gasteiger charge is 2.49. The van der Waals surface area contributed by atoms with Gasteiger partial charge in [-0.1, -0.05) is 255 Å². The van der Waals surface area contributed by atoms with Crippen LogP contribution in [0.4, 0.5) is 0 Å². The summed E-state index contributed by atoms with van der Waals surface area (Å²) in [5.74, 6) is 0.722. The summed E-state index contributed by atoms with van der Waals surface area (Å²) in [6.07, 6.45) is 0. The van der Waals surface area contributed by atoms with Crippen LogP contribution in [0.2, 0.25) is 0 Å². The standard InChI is InChI=1S/C72H49N3Si/c1-5-24-48(25-6-1)72-73-63(49-26-21-27-50(46-49)75-65-43-19-17-36-56(65)57-37-18-20-44-66(57)75)47-64(74-72)55-35-14-13-34-54(55)58-40-22-41-61-68-59-38-15-16-39-60(59)71(69(58)61)70-62(68)42-23-45-67(70)76(51-28-7-2-8-29-51,52-30-9-3-10-31-52)53-32-11-4-12-33-53/h1-47,68,71H. The van der Waals surface area contributed by atoms with Crippen LogP contribution in [0.3, 0.4) is 0 Å². The Morgan fingerprint density at radius 3 is 1.42 bits per heavy atom. The van der Waals surface area contributed by atoms with Gasteiger partial charge in [0.1, 0.15) is 0 Å². The number of fused-ring (bicyclic) bond motifs is 3. The molecule has 2 heterocycles. The van der Waals surface area contributed by atoms with Gasteiger partial charge >= 0.3 is 0 Å². The van der Waals surface area contributed by atoms with E-state index in [1.54, 1.807) is 0 Å². The minimum atomic E-state index is -2.96. The lowest BCUT2D eigenvalue weighted by atomic mass is 9.60. The van der Waals surface area contributed by atoms with E-state index < -0.39 is 8.07 Å². The van der Waals surface area contributed by atoms with E-state index in [2.05, 4.69) is 290 Å². The maximum atomic E-state index is 5.51. The highest BCUT2D eigenvalue weighted by atomic mass is 28.3. The van der Waals surface area contributed by atoms with E-state index in [0.717, 1.165) is 39.3 Å². The van der Waals surface area contributed by atoms with Crippen molar-refractivity contribution < 1.29 is 0 Å². The first kappa shape index (κ1) is 44.0. The lowest BCUT2D eigenvalue weighted by Gasteiger charge is -2.47. The fraction of sp³-hybridized carbons (Fsp3) is 0.0278. The molecule has 2 unspecified atom stereocenters. The van der Waals surface area contributed by atoms with Gasteiger partial charge in [0.15, 0.2) is 13.9 Å². The van der Waals surface area contributed by atoms with Crippen molar-refractivity contribution >= 4 is 50.6 Å². The summed E-state index contributed by atoms with van der Waals surface area (Å²) in [4.78, 5) is 10.9. The van der Waals surface area contributed by atoms with Gasteiger partial charge in [0.2, 0.25) is 0 Å². The van der Waals surface area contributed by atoms with Crippen LogP contribution in [0.15, 0.2) is 285 Å².